The average molecular weight is 345 g/mol. The van der Waals surface area contributed by atoms with E-state index >= 15 is 0 Å². The van der Waals surface area contributed by atoms with E-state index in [4.69, 9.17) is 13.4 Å². The van der Waals surface area contributed by atoms with E-state index in [0.717, 1.165) is 0 Å². The molecule has 0 saturated carbocycles. The van der Waals surface area contributed by atoms with E-state index in [1.807, 2.05) is 0 Å². The number of carbonyl (C=O) groups is 1. The quantitative estimate of drug-likeness (QED) is 0.674. The van der Waals surface area contributed by atoms with E-state index in [9.17, 15) is 9.90 Å². The highest BCUT2D eigenvalue weighted by atomic mass is 16.5. The predicted molar refractivity (Wildman–Crippen MR) is 86.3 cm³/mol. The highest BCUT2D eigenvalue weighted by Gasteiger charge is 2.27. The molecule has 0 bridgehead atoms. The van der Waals surface area contributed by atoms with Crippen LogP contribution in [0.1, 0.15) is 30.8 Å². The van der Waals surface area contributed by atoms with Gasteiger partial charge >= 0.3 is 0 Å². The molecular weight excluding hydrogens is 326 g/mol. The fraction of sp³-hybridized carbons (Fsp3) is 0.353. The van der Waals surface area contributed by atoms with Crippen molar-refractivity contribution in [2.45, 2.75) is 32.3 Å². The second-order valence-electron chi connectivity index (χ2n) is 5.98. The lowest BCUT2D eigenvalue weighted by atomic mass is 10.0. The van der Waals surface area contributed by atoms with E-state index in [1.54, 1.807) is 32.0 Å². The van der Waals surface area contributed by atoms with Gasteiger partial charge in [0.2, 0.25) is 17.6 Å². The summed E-state index contributed by atoms with van der Waals surface area (Å²) in [6.45, 7) is 3.42. The van der Waals surface area contributed by atoms with Crippen LogP contribution in [0.5, 0.6) is 0 Å². The van der Waals surface area contributed by atoms with E-state index in [2.05, 4.69) is 15.5 Å². The third-order valence-corrected chi connectivity index (χ3v) is 3.71. The van der Waals surface area contributed by atoms with Gasteiger partial charge in [0, 0.05) is 12.8 Å². The fourth-order valence-electron chi connectivity index (χ4n) is 2.26. The number of hydrogen-bond donors (Lipinski definition) is 2. The van der Waals surface area contributed by atoms with Crippen LogP contribution in [0.15, 0.2) is 44.1 Å². The van der Waals surface area contributed by atoms with Crippen molar-refractivity contribution in [2.75, 3.05) is 6.54 Å². The molecule has 3 heterocycles. The molecule has 0 aliphatic carbocycles. The summed E-state index contributed by atoms with van der Waals surface area (Å²) in [5.41, 5.74) is -0.563. The van der Waals surface area contributed by atoms with Crippen molar-refractivity contribution in [3.05, 3.63) is 48.1 Å². The molecule has 0 aliphatic rings. The molecule has 1 unspecified atom stereocenters. The zero-order valence-corrected chi connectivity index (χ0v) is 14.0. The molecule has 25 heavy (non-hydrogen) atoms. The Kier molecular flexibility index (Phi) is 4.71. The van der Waals surface area contributed by atoms with Gasteiger partial charge in [-0.25, -0.2) is 0 Å². The fourth-order valence-corrected chi connectivity index (χ4v) is 2.26. The van der Waals surface area contributed by atoms with Gasteiger partial charge in [-0.05, 0) is 32.0 Å². The first-order valence-corrected chi connectivity index (χ1v) is 7.85. The van der Waals surface area contributed by atoms with Crippen molar-refractivity contribution in [3.8, 4) is 11.4 Å². The van der Waals surface area contributed by atoms with Crippen LogP contribution in [0.3, 0.4) is 0 Å². The third kappa shape index (κ3) is 4.16. The van der Waals surface area contributed by atoms with E-state index in [0.29, 0.717) is 35.2 Å². The molecule has 0 radical (unpaired) electrons. The zero-order valence-electron chi connectivity index (χ0n) is 14.0. The van der Waals surface area contributed by atoms with Crippen LogP contribution in [0.2, 0.25) is 0 Å². The lowest BCUT2D eigenvalue weighted by molar-refractivity contribution is -0.122. The maximum atomic E-state index is 12.0. The number of carbonyl (C=O) groups excluding carboxylic acids is 1. The zero-order chi connectivity index (χ0) is 17.9. The summed E-state index contributed by atoms with van der Waals surface area (Å²) >= 11 is 0. The standard InChI is InChI=1S/C17H19N3O5/c1-11-3-4-13(24-11)17(2,22)10-18-14(21)5-6-15-19-16(20-25-15)12-7-8-23-9-12/h3-4,7-9,22H,5-6,10H2,1-2H3,(H,18,21). The minimum atomic E-state index is -1.27. The van der Waals surface area contributed by atoms with E-state index in [1.165, 1.54) is 12.5 Å². The van der Waals surface area contributed by atoms with Crippen molar-refractivity contribution in [1.82, 2.24) is 15.5 Å². The number of nitrogens with zero attached hydrogens (tertiary/aromatic N) is 2. The lowest BCUT2D eigenvalue weighted by Crippen LogP contribution is -2.38. The topological polar surface area (TPSA) is 115 Å². The van der Waals surface area contributed by atoms with Gasteiger partial charge in [-0.15, -0.1) is 0 Å². The average Bonchev–Trinajstić information content (AvgIpc) is 3.31. The Hall–Kier alpha value is -2.87. The Labute approximate surface area is 143 Å². The van der Waals surface area contributed by atoms with Gasteiger partial charge in [0.25, 0.3) is 0 Å². The first-order chi connectivity index (χ1) is 11.9. The first-order valence-electron chi connectivity index (χ1n) is 7.85. The largest absolute Gasteiger partial charge is 0.472 e. The molecule has 132 valence electrons. The van der Waals surface area contributed by atoms with Crippen LogP contribution in [-0.2, 0) is 16.8 Å². The minimum Gasteiger partial charge on any atom is -0.472 e. The lowest BCUT2D eigenvalue weighted by Gasteiger charge is -2.21. The molecule has 8 nitrogen and oxygen atoms in total. The summed E-state index contributed by atoms with van der Waals surface area (Å²) in [7, 11) is 0. The van der Waals surface area contributed by atoms with E-state index < -0.39 is 5.60 Å². The van der Waals surface area contributed by atoms with Crippen molar-refractivity contribution in [3.63, 3.8) is 0 Å². The summed E-state index contributed by atoms with van der Waals surface area (Å²) in [6, 6.07) is 5.18. The highest BCUT2D eigenvalue weighted by Crippen LogP contribution is 2.22. The van der Waals surface area contributed by atoms with Crippen LogP contribution >= 0.6 is 0 Å². The van der Waals surface area contributed by atoms with Crippen molar-refractivity contribution >= 4 is 5.91 Å². The van der Waals surface area contributed by atoms with Gasteiger partial charge in [0.05, 0.1) is 18.4 Å². The highest BCUT2D eigenvalue weighted by molar-refractivity contribution is 5.76. The third-order valence-electron chi connectivity index (χ3n) is 3.71. The second kappa shape index (κ2) is 6.94. The van der Waals surface area contributed by atoms with Crippen LogP contribution in [0.4, 0.5) is 0 Å². The Morgan fingerprint density at radius 2 is 2.20 bits per heavy atom. The number of aliphatic hydroxyl groups is 1. The number of aryl methyl sites for hydroxylation is 2. The summed E-state index contributed by atoms with van der Waals surface area (Å²) in [6.07, 6.45) is 3.50. The molecule has 0 fully saturated rings. The molecule has 8 heteroatoms. The summed E-state index contributed by atoms with van der Waals surface area (Å²) in [4.78, 5) is 16.2. The van der Waals surface area contributed by atoms with Crippen molar-refractivity contribution in [2.24, 2.45) is 0 Å². The van der Waals surface area contributed by atoms with Gasteiger partial charge in [-0.1, -0.05) is 5.16 Å². The first kappa shape index (κ1) is 17.0. The number of furan rings is 2. The van der Waals surface area contributed by atoms with Crippen LogP contribution in [-0.4, -0.2) is 27.7 Å². The van der Waals surface area contributed by atoms with Crippen molar-refractivity contribution < 1.29 is 23.3 Å². The summed E-state index contributed by atoms with van der Waals surface area (Å²) in [5, 5.41) is 16.9. The Balaban J connectivity index is 1.48. The van der Waals surface area contributed by atoms with E-state index in [-0.39, 0.29) is 18.9 Å². The molecule has 2 N–H and O–H groups in total. The SMILES string of the molecule is Cc1ccc(C(C)(O)CNC(=O)CCc2nc(-c3ccoc3)no2)o1. The summed E-state index contributed by atoms with van der Waals surface area (Å²) < 4.78 is 15.5. The van der Waals surface area contributed by atoms with Gasteiger partial charge in [-0.2, -0.15) is 4.98 Å². The van der Waals surface area contributed by atoms with Gasteiger partial charge < -0.3 is 23.8 Å². The van der Waals surface area contributed by atoms with Crippen LogP contribution in [0.25, 0.3) is 11.4 Å². The normalized spacial score (nSPS) is 13.6. The molecule has 0 aromatic carbocycles. The maximum Gasteiger partial charge on any atom is 0.227 e. The van der Waals surface area contributed by atoms with Gasteiger partial charge in [0.15, 0.2) is 0 Å². The number of aromatic nitrogens is 2. The molecule has 3 rings (SSSR count). The van der Waals surface area contributed by atoms with Crippen LogP contribution in [0, 0.1) is 6.92 Å². The Morgan fingerprint density at radius 3 is 2.88 bits per heavy atom. The smallest absolute Gasteiger partial charge is 0.227 e. The Bertz CT molecular complexity index is 832. The molecule has 1 atom stereocenters. The number of nitrogens with one attached hydrogen (secondary N) is 1. The number of amides is 1. The van der Waals surface area contributed by atoms with Gasteiger partial charge in [-0.3, -0.25) is 4.79 Å². The molecule has 0 spiro atoms. The number of hydrogen-bond acceptors (Lipinski definition) is 7. The molecule has 3 aromatic rings. The molecule has 1 amide bonds. The van der Waals surface area contributed by atoms with Gasteiger partial charge in [0.1, 0.15) is 23.4 Å². The monoisotopic (exact) mass is 345 g/mol. The molecular formula is C17H19N3O5. The van der Waals surface area contributed by atoms with Crippen LogP contribution < -0.4 is 5.32 Å². The molecule has 0 saturated heterocycles. The predicted octanol–water partition coefficient (Wildman–Crippen LogP) is 2.19. The molecule has 3 aromatic heterocycles. The van der Waals surface area contributed by atoms with Crippen molar-refractivity contribution in [1.29, 1.82) is 0 Å². The Morgan fingerprint density at radius 1 is 1.36 bits per heavy atom. The maximum absolute atomic E-state index is 12.0. The second-order valence-corrected chi connectivity index (χ2v) is 5.98. The summed E-state index contributed by atoms with van der Waals surface area (Å²) in [5.74, 6) is 1.66. The number of rotatable bonds is 7. The minimum absolute atomic E-state index is 0.0445. The molecule has 0 aliphatic heterocycles.